The Hall–Kier alpha value is -0.120. The molecule has 0 aromatic carbocycles. The van der Waals surface area contributed by atoms with Crippen molar-refractivity contribution in [1.82, 2.24) is 0 Å². The van der Waals surface area contributed by atoms with Gasteiger partial charge in [-0.2, -0.15) is 0 Å². The molecule has 0 heterocycles. The third kappa shape index (κ3) is 3.52. The monoisotopic (exact) mass is 175 g/mol. The Morgan fingerprint density at radius 3 is 1.58 bits per heavy atom. The van der Waals surface area contributed by atoms with Crippen LogP contribution in [0.15, 0.2) is 0 Å². The summed E-state index contributed by atoms with van der Waals surface area (Å²) in [6.45, 7) is 6.46. The third-order valence-corrected chi connectivity index (χ3v) is 2.01. The standard InChI is InChI=1S/C9H21NO2/c1-8(2,3)4-9(5-10,6-11)7-12/h11-12H,4-7,10H2,1-3H3. The number of nitrogens with two attached hydrogens (primary N) is 1. The lowest BCUT2D eigenvalue weighted by atomic mass is 9.75. The summed E-state index contributed by atoms with van der Waals surface area (Å²) in [4.78, 5) is 0. The molecule has 0 unspecified atom stereocenters. The molecule has 0 radical (unpaired) electrons. The second-order valence-corrected chi connectivity index (χ2v) is 4.76. The molecule has 0 bridgehead atoms. The summed E-state index contributed by atoms with van der Waals surface area (Å²) in [6, 6.07) is 0. The number of hydrogen-bond donors (Lipinski definition) is 3. The first-order chi connectivity index (χ1) is 5.39. The van der Waals surface area contributed by atoms with Crippen molar-refractivity contribution in [3.05, 3.63) is 0 Å². The minimum absolute atomic E-state index is 0.0444. The normalized spacial score (nSPS) is 13.5. The van der Waals surface area contributed by atoms with Gasteiger partial charge in [0.25, 0.3) is 0 Å². The van der Waals surface area contributed by atoms with E-state index in [2.05, 4.69) is 20.8 Å². The van der Waals surface area contributed by atoms with E-state index in [1.165, 1.54) is 0 Å². The quantitative estimate of drug-likeness (QED) is 0.577. The molecular formula is C9H21NO2. The van der Waals surface area contributed by atoms with Gasteiger partial charge in [0.05, 0.1) is 13.2 Å². The van der Waals surface area contributed by atoms with Gasteiger partial charge in [0, 0.05) is 12.0 Å². The summed E-state index contributed by atoms with van der Waals surface area (Å²) in [5, 5.41) is 18.2. The molecule has 3 heteroatoms. The fourth-order valence-corrected chi connectivity index (χ4v) is 1.49. The second-order valence-electron chi connectivity index (χ2n) is 4.76. The van der Waals surface area contributed by atoms with Crippen LogP contribution in [0.1, 0.15) is 27.2 Å². The van der Waals surface area contributed by atoms with Crippen LogP contribution in [0, 0.1) is 10.8 Å². The molecular weight excluding hydrogens is 154 g/mol. The van der Waals surface area contributed by atoms with Crippen LogP contribution in [0.25, 0.3) is 0 Å². The smallest absolute Gasteiger partial charge is 0.0521 e. The van der Waals surface area contributed by atoms with Gasteiger partial charge in [0.1, 0.15) is 0 Å². The lowest BCUT2D eigenvalue weighted by Crippen LogP contribution is -2.40. The third-order valence-electron chi connectivity index (χ3n) is 2.01. The molecule has 74 valence electrons. The molecule has 4 N–H and O–H groups in total. The second kappa shape index (κ2) is 4.21. The molecule has 0 aromatic rings. The van der Waals surface area contributed by atoms with E-state index in [-0.39, 0.29) is 18.6 Å². The van der Waals surface area contributed by atoms with Crippen molar-refractivity contribution in [1.29, 1.82) is 0 Å². The summed E-state index contributed by atoms with van der Waals surface area (Å²) in [6.07, 6.45) is 0.740. The molecule has 0 amide bonds. The lowest BCUT2D eigenvalue weighted by Gasteiger charge is -2.34. The van der Waals surface area contributed by atoms with E-state index in [9.17, 15) is 0 Å². The van der Waals surface area contributed by atoms with Crippen LogP contribution in [-0.4, -0.2) is 30.0 Å². The number of aliphatic hydroxyl groups is 2. The van der Waals surface area contributed by atoms with E-state index >= 15 is 0 Å². The zero-order chi connectivity index (χ0) is 9.83. The summed E-state index contributed by atoms with van der Waals surface area (Å²) >= 11 is 0. The predicted octanol–water partition coefficient (Wildman–Crippen LogP) is 0.352. The maximum atomic E-state index is 9.10. The van der Waals surface area contributed by atoms with Gasteiger partial charge in [0.15, 0.2) is 0 Å². The summed E-state index contributed by atoms with van der Waals surface area (Å²) in [5.41, 5.74) is 5.10. The Morgan fingerprint density at radius 2 is 1.50 bits per heavy atom. The van der Waals surface area contributed by atoms with E-state index in [0.29, 0.717) is 6.54 Å². The van der Waals surface area contributed by atoms with Crippen LogP contribution in [0.2, 0.25) is 0 Å². The van der Waals surface area contributed by atoms with E-state index in [0.717, 1.165) is 6.42 Å². The fourth-order valence-electron chi connectivity index (χ4n) is 1.49. The van der Waals surface area contributed by atoms with Gasteiger partial charge in [-0.15, -0.1) is 0 Å². The molecule has 0 atom stereocenters. The zero-order valence-electron chi connectivity index (χ0n) is 8.30. The first-order valence-electron chi connectivity index (χ1n) is 4.31. The van der Waals surface area contributed by atoms with E-state index in [1.54, 1.807) is 0 Å². The summed E-state index contributed by atoms with van der Waals surface area (Å²) in [5.74, 6) is 0. The van der Waals surface area contributed by atoms with Gasteiger partial charge in [-0.3, -0.25) is 0 Å². The maximum Gasteiger partial charge on any atom is 0.0521 e. The van der Waals surface area contributed by atoms with Crippen LogP contribution < -0.4 is 5.73 Å². The van der Waals surface area contributed by atoms with Gasteiger partial charge >= 0.3 is 0 Å². The van der Waals surface area contributed by atoms with E-state index in [4.69, 9.17) is 15.9 Å². The zero-order valence-corrected chi connectivity index (χ0v) is 8.30. The van der Waals surface area contributed by atoms with Crippen LogP contribution in [0.4, 0.5) is 0 Å². The Bertz CT molecular complexity index is 117. The molecule has 0 aliphatic rings. The highest BCUT2D eigenvalue weighted by Gasteiger charge is 2.32. The average molecular weight is 175 g/mol. The minimum Gasteiger partial charge on any atom is -0.396 e. The predicted molar refractivity (Wildman–Crippen MR) is 49.7 cm³/mol. The Balaban J connectivity index is 4.30. The van der Waals surface area contributed by atoms with Crippen LogP contribution >= 0.6 is 0 Å². The molecule has 0 aromatic heterocycles. The van der Waals surface area contributed by atoms with Crippen molar-refractivity contribution in [2.75, 3.05) is 19.8 Å². The number of aliphatic hydroxyl groups excluding tert-OH is 2. The largest absolute Gasteiger partial charge is 0.396 e. The average Bonchev–Trinajstić information content (AvgIpc) is 1.99. The SMILES string of the molecule is CC(C)(C)CC(CN)(CO)CO. The highest BCUT2D eigenvalue weighted by Crippen LogP contribution is 2.32. The number of rotatable bonds is 4. The van der Waals surface area contributed by atoms with Gasteiger partial charge in [0.2, 0.25) is 0 Å². The maximum absolute atomic E-state index is 9.10. The van der Waals surface area contributed by atoms with Gasteiger partial charge < -0.3 is 15.9 Å². The molecule has 0 saturated heterocycles. The van der Waals surface area contributed by atoms with Crippen molar-refractivity contribution in [3.8, 4) is 0 Å². The van der Waals surface area contributed by atoms with Crippen molar-refractivity contribution in [2.24, 2.45) is 16.6 Å². The Kier molecular flexibility index (Phi) is 4.17. The fraction of sp³-hybridized carbons (Fsp3) is 1.00. The molecule has 12 heavy (non-hydrogen) atoms. The van der Waals surface area contributed by atoms with Crippen molar-refractivity contribution in [2.45, 2.75) is 27.2 Å². The topological polar surface area (TPSA) is 66.5 Å². The van der Waals surface area contributed by atoms with Crippen molar-refractivity contribution < 1.29 is 10.2 Å². The van der Waals surface area contributed by atoms with Gasteiger partial charge in [-0.1, -0.05) is 20.8 Å². The van der Waals surface area contributed by atoms with Crippen LogP contribution in [0.3, 0.4) is 0 Å². The Labute approximate surface area is 74.6 Å². The molecule has 0 aliphatic carbocycles. The van der Waals surface area contributed by atoms with E-state index < -0.39 is 5.41 Å². The molecule has 3 nitrogen and oxygen atoms in total. The Morgan fingerprint density at radius 1 is 1.08 bits per heavy atom. The first kappa shape index (κ1) is 11.9. The molecule has 0 rings (SSSR count). The van der Waals surface area contributed by atoms with E-state index in [1.807, 2.05) is 0 Å². The van der Waals surface area contributed by atoms with Crippen molar-refractivity contribution in [3.63, 3.8) is 0 Å². The minimum atomic E-state index is -0.502. The highest BCUT2D eigenvalue weighted by atomic mass is 16.3. The van der Waals surface area contributed by atoms with Crippen LogP contribution in [-0.2, 0) is 0 Å². The lowest BCUT2D eigenvalue weighted by molar-refractivity contribution is 0.0274. The van der Waals surface area contributed by atoms with Crippen LogP contribution in [0.5, 0.6) is 0 Å². The van der Waals surface area contributed by atoms with Gasteiger partial charge in [-0.25, -0.2) is 0 Å². The summed E-state index contributed by atoms with van der Waals surface area (Å²) in [7, 11) is 0. The van der Waals surface area contributed by atoms with Crippen molar-refractivity contribution >= 4 is 0 Å². The highest BCUT2D eigenvalue weighted by molar-refractivity contribution is 4.83. The molecule has 0 fully saturated rings. The molecule has 0 saturated carbocycles. The van der Waals surface area contributed by atoms with Gasteiger partial charge in [-0.05, 0) is 11.8 Å². The molecule has 0 aliphatic heterocycles. The number of hydrogen-bond acceptors (Lipinski definition) is 3. The first-order valence-corrected chi connectivity index (χ1v) is 4.31. The molecule has 0 spiro atoms. The summed E-state index contributed by atoms with van der Waals surface area (Å²) < 4.78 is 0.